The Hall–Kier alpha value is -0.190. The van der Waals surface area contributed by atoms with Gasteiger partial charge in [-0.1, -0.05) is 27.5 Å². The van der Waals surface area contributed by atoms with Gasteiger partial charge in [-0.15, -0.1) is 11.8 Å². The van der Waals surface area contributed by atoms with E-state index in [9.17, 15) is 4.79 Å². The largest absolute Gasteiger partial charge is 0.336 e. The van der Waals surface area contributed by atoms with Gasteiger partial charge in [0.05, 0.1) is 10.6 Å². The van der Waals surface area contributed by atoms with Gasteiger partial charge in [0.1, 0.15) is 0 Å². The smallest absolute Gasteiger partial charge is 0.255 e. The van der Waals surface area contributed by atoms with Crippen LogP contribution < -0.4 is 0 Å². The second kappa shape index (κ2) is 7.71. The van der Waals surface area contributed by atoms with E-state index in [1.807, 2.05) is 29.4 Å². The number of hydrogen-bond acceptors (Lipinski definition) is 2. The maximum absolute atomic E-state index is 12.7. The molecule has 110 valence electrons. The van der Waals surface area contributed by atoms with Gasteiger partial charge in [0.2, 0.25) is 0 Å². The molecule has 0 radical (unpaired) electrons. The maximum atomic E-state index is 12.7. The third-order valence-corrected chi connectivity index (χ3v) is 5.33. The molecule has 5 heteroatoms. The first-order chi connectivity index (χ1) is 9.67. The monoisotopic (exact) mass is 375 g/mol. The van der Waals surface area contributed by atoms with Gasteiger partial charge < -0.3 is 4.90 Å². The van der Waals surface area contributed by atoms with E-state index < -0.39 is 0 Å². The number of carbonyl (C=O) groups excluding carboxylic acids is 1. The Balaban J connectivity index is 2.17. The summed E-state index contributed by atoms with van der Waals surface area (Å²) in [5.41, 5.74) is 0.643. The van der Waals surface area contributed by atoms with Crippen LogP contribution in [-0.4, -0.2) is 35.0 Å². The Bertz CT molecular complexity index is 483. The lowest BCUT2D eigenvalue weighted by molar-refractivity contribution is 0.0730. The first kappa shape index (κ1) is 16.2. The van der Waals surface area contributed by atoms with Crippen LogP contribution >= 0.6 is 39.3 Å². The van der Waals surface area contributed by atoms with Gasteiger partial charge in [-0.3, -0.25) is 4.79 Å². The SMILES string of the molecule is CSc1ccc(Cl)c(C(=O)N2CCCC2CCCBr)c1. The fraction of sp³-hybridized carbons (Fsp3) is 0.533. The Morgan fingerprint density at radius 1 is 1.55 bits per heavy atom. The summed E-state index contributed by atoms with van der Waals surface area (Å²) in [4.78, 5) is 15.8. The molecule has 0 N–H and O–H groups in total. The van der Waals surface area contributed by atoms with Crippen LogP contribution in [0.4, 0.5) is 0 Å². The normalized spacial score (nSPS) is 18.6. The molecule has 20 heavy (non-hydrogen) atoms. The average molecular weight is 377 g/mol. The first-order valence-electron chi connectivity index (χ1n) is 6.88. The summed E-state index contributed by atoms with van der Waals surface area (Å²) in [6, 6.07) is 6.06. The number of hydrogen-bond donors (Lipinski definition) is 0. The highest BCUT2D eigenvalue weighted by Gasteiger charge is 2.29. The summed E-state index contributed by atoms with van der Waals surface area (Å²) < 4.78 is 0. The van der Waals surface area contributed by atoms with Crippen molar-refractivity contribution < 1.29 is 4.79 Å². The van der Waals surface area contributed by atoms with E-state index in [1.165, 1.54) is 0 Å². The third-order valence-electron chi connectivity index (χ3n) is 3.71. The molecular weight excluding hydrogens is 358 g/mol. The number of amides is 1. The van der Waals surface area contributed by atoms with Crippen LogP contribution in [0, 0.1) is 0 Å². The second-order valence-electron chi connectivity index (χ2n) is 4.97. The highest BCUT2D eigenvalue weighted by Crippen LogP contribution is 2.28. The molecule has 1 aromatic rings. The van der Waals surface area contributed by atoms with Crippen molar-refractivity contribution in [2.24, 2.45) is 0 Å². The molecule has 0 saturated carbocycles. The number of carbonyl (C=O) groups is 1. The molecule has 1 amide bonds. The lowest BCUT2D eigenvalue weighted by Gasteiger charge is -2.25. The number of halogens is 2. The highest BCUT2D eigenvalue weighted by molar-refractivity contribution is 9.09. The molecule has 0 bridgehead atoms. The minimum Gasteiger partial charge on any atom is -0.336 e. The van der Waals surface area contributed by atoms with Gasteiger partial charge >= 0.3 is 0 Å². The van der Waals surface area contributed by atoms with Crippen molar-refractivity contribution in [2.45, 2.75) is 36.6 Å². The zero-order valence-electron chi connectivity index (χ0n) is 11.6. The molecule has 0 aliphatic carbocycles. The van der Waals surface area contributed by atoms with E-state index in [2.05, 4.69) is 15.9 Å². The van der Waals surface area contributed by atoms with Crippen LogP contribution in [0.15, 0.2) is 23.1 Å². The molecule has 0 spiro atoms. The Labute approximate surface area is 138 Å². The Morgan fingerprint density at radius 2 is 2.35 bits per heavy atom. The van der Waals surface area contributed by atoms with Crippen molar-refractivity contribution >= 4 is 45.2 Å². The predicted octanol–water partition coefficient (Wildman–Crippen LogP) is 4.84. The minimum atomic E-state index is 0.0861. The van der Waals surface area contributed by atoms with Crippen molar-refractivity contribution in [1.29, 1.82) is 0 Å². The number of thioether (sulfide) groups is 1. The molecular formula is C15H19BrClNOS. The summed E-state index contributed by atoms with van der Waals surface area (Å²) in [7, 11) is 0. The van der Waals surface area contributed by atoms with Crippen LogP contribution in [-0.2, 0) is 0 Å². The van der Waals surface area contributed by atoms with Crippen LogP contribution in [0.3, 0.4) is 0 Å². The molecule has 1 fully saturated rings. The average Bonchev–Trinajstić information content (AvgIpc) is 2.93. The quantitative estimate of drug-likeness (QED) is 0.541. The van der Waals surface area contributed by atoms with E-state index in [-0.39, 0.29) is 5.91 Å². The molecule has 1 unspecified atom stereocenters. The molecule has 2 rings (SSSR count). The summed E-state index contributed by atoms with van der Waals surface area (Å²) >= 11 is 11.3. The number of alkyl halides is 1. The predicted molar refractivity (Wildman–Crippen MR) is 90.3 cm³/mol. The van der Waals surface area contributed by atoms with Crippen molar-refractivity contribution in [3.63, 3.8) is 0 Å². The lowest BCUT2D eigenvalue weighted by atomic mass is 10.1. The lowest BCUT2D eigenvalue weighted by Crippen LogP contribution is -2.35. The Kier molecular flexibility index (Phi) is 6.24. The van der Waals surface area contributed by atoms with E-state index in [1.54, 1.807) is 11.8 Å². The van der Waals surface area contributed by atoms with Gasteiger partial charge in [0.25, 0.3) is 5.91 Å². The highest BCUT2D eigenvalue weighted by atomic mass is 79.9. The maximum Gasteiger partial charge on any atom is 0.255 e. The number of benzene rings is 1. The summed E-state index contributed by atoms with van der Waals surface area (Å²) in [5, 5.41) is 1.55. The second-order valence-corrected chi connectivity index (χ2v) is 7.05. The number of likely N-dealkylation sites (tertiary alicyclic amines) is 1. The van der Waals surface area contributed by atoms with Crippen molar-refractivity contribution in [2.75, 3.05) is 18.1 Å². The van der Waals surface area contributed by atoms with E-state index in [0.29, 0.717) is 16.6 Å². The Morgan fingerprint density at radius 3 is 3.05 bits per heavy atom. The summed E-state index contributed by atoms with van der Waals surface area (Å²) in [6.07, 6.45) is 6.38. The standard InChI is InChI=1S/C15H19BrClNOS/c1-20-12-6-7-14(17)13(10-12)15(19)18-9-3-5-11(18)4-2-8-16/h6-7,10-11H,2-5,8-9H2,1H3. The van der Waals surface area contributed by atoms with Gasteiger partial charge in [-0.2, -0.15) is 0 Å². The fourth-order valence-electron chi connectivity index (χ4n) is 2.67. The van der Waals surface area contributed by atoms with Crippen molar-refractivity contribution in [3.8, 4) is 0 Å². The fourth-order valence-corrected chi connectivity index (χ4v) is 3.63. The van der Waals surface area contributed by atoms with Gasteiger partial charge in [-0.05, 0) is 50.1 Å². The number of rotatable bonds is 5. The molecule has 2 nitrogen and oxygen atoms in total. The first-order valence-corrected chi connectivity index (χ1v) is 9.60. The molecule has 1 atom stereocenters. The molecule has 1 saturated heterocycles. The summed E-state index contributed by atoms with van der Waals surface area (Å²) in [6.45, 7) is 0.853. The zero-order valence-corrected chi connectivity index (χ0v) is 14.7. The molecule has 1 aliphatic heterocycles. The van der Waals surface area contributed by atoms with Crippen molar-refractivity contribution in [1.82, 2.24) is 4.90 Å². The van der Waals surface area contributed by atoms with E-state index >= 15 is 0 Å². The topological polar surface area (TPSA) is 20.3 Å². The van der Waals surface area contributed by atoms with Crippen LogP contribution in [0.2, 0.25) is 5.02 Å². The zero-order chi connectivity index (χ0) is 14.5. The van der Waals surface area contributed by atoms with Crippen LogP contribution in [0.1, 0.15) is 36.0 Å². The van der Waals surface area contributed by atoms with Crippen LogP contribution in [0.25, 0.3) is 0 Å². The van der Waals surface area contributed by atoms with Gasteiger partial charge in [-0.25, -0.2) is 0 Å². The molecule has 1 aromatic carbocycles. The molecule has 1 heterocycles. The van der Waals surface area contributed by atoms with Gasteiger partial charge in [0, 0.05) is 22.8 Å². The van der Waals surface area contributed by atoms with Crippen molar-refractivity contribution in [3.05, 3.63) is 28.8 Å². The third kappa shape index (κ3) is 3.71. The molecule has 0 aromatic heterocycles. The van der Waals surface area contributed by atoms with Crippen LogP contribution in [0.5, 0.6) is 0 Å². The van der Waals surface area contributed by atoms with Gasteiger partial charge in [0.15, 0.2) is 0 Å². The van der Waals surface area contributed by atoms with E-state index in [0.717, 1.165) is 42.5 Å². The number of nitrogens with zero attached hydrogens (tertiary/aromatic N) is 1. The molecule has 1 aliphatic rings. The summed E-state index contributed by atoms with van der Waals surface area (Å²) in [5.74, 6) is 0.0861. The minimum absolute atomic E-state index is 0.0861. The van der Waals surface area contributed by atoms with E-state index in [4.69, 9.17) is 11.6 Å².